The van der Waals surface area contributed by atoms with E-state index in [0.29, 0.717) is 5.69 Å². The first-order valence-electron chi connectivity index (χ1n) is 5.30. The van der Waals surface area contributed by atoms with Crippen molar-refractivity contribution in [1.82, 2.24) is 9.97 Å². The van der Waals surface area contributed by atoms with Crippen LogP contribution in [-0.2, 0) is 0 Å². The normalized spacial score (nSPS) is 10.7. The van der Waals surface area contributed by atoms with Crippen molar-refractivity contribution in [3.05, 3.63) is 48.2 Å². The molecule has 5 heteroatoms. The fourth-order valence-corrected chi connectivity index (χ4v) is 2.59. The van der Waals surface area contributed by atoms with E-state index < -0.39 is 5.97 Å². The van der Waals surface area contributed by atoms with Gasteiger partial charge in [0, 0.05) is 0 Å². The number of para-hydroxylation sites is 1. The van der Waals surface area contributed by atoms with Gasteiger partial charge in [-0.05, 0) is 24.3 Å². The Labute approximate surface area is 107 Å². The Morgan fingerprint density at radius 3 is 2.67 bits per heavy atom. The first-order chi connectivity index (χ1) is 8.74. The van der Waals surface area contributed by atoms with Crippen molar-refractivity contribution in [2.24, 2.45) is 0 Å². The minimum Gasteiger partial charge on any atom is -0.477 e. The highest BCUT2D eigenvalue weighted by Gasteiger charge is 2.10. The molecule has 0 aliphatic rings. The number of carboxylic acid groups (broad SMARTS) is 1. The highest BCUT2D eigenvalue weighted by atomic mass is 32.1. The average Bonchev–Trinajstić information content (AvgIpc) is 2.82. The fraction of sp³-hybridized carbons (Fsp3) is 0. The number of benzene rings is 1. The maximum Gasteiger partial charge on any atom is 0.354 e. The van der Waals surface area contributed by atoms with Gasteiger partial charge in [-0.1, -0.05) is 18.2 Å². The Morgan fingerprint density at radius 2 is 1.89 bits per heavy atom. The van der Waals surface area contributed by atoms with Gasteiger partial charge in [0.15, 0.2) is 0 Å². The van der Waals surface area contributed by atoms with Crippen LogP contribution in [0.1, 0.15) is 10.5 Å². The first-order valence-corrected chi connectivity index (χ1v) is 6.12. The van der Waals surface area contributed by atoms with Gasteiger partial charge in [-0.15, -0.1) is 11.3 Å². The minimum absolute atomic E-state index is 0.0340. The number of hydrogen-bond donors (Lipinski definition) is 1. The zero-order chi connectivity index (χ0) is 12.5. The van der Waals surface area contributed by atoms with E-state index in [2.05, 4.69) is 9.97 Å². The van der Waals surface area contributed by atoms with E-state index in [4.69, 9.17) is 5.11 Å². The summed E-state index contributed by atoms with van der Waals surface area (Å²) in [5.74, 6) is -1.03. The summed E-state index contributed by atoms with van der Waals surface area (Å²) < 4.78 is 1.06. The van der Waals surface area contributed by atoms with Crippen molar-refractivity contribution in [2.45, 2.75) is 0 Å². The number of nitrogens with zero attached hydrogens (tertiary/aromatic N) is 2. The molecule has 3 rings (SSSR count). The smallest absolute Gasteiger partial charge is 0.354 e. The molecule has 2 aromatic heterocycles. The van der Waals surface area contributed by atoms with E-state index in [9.17, 15) is 4.79 Å². The van der Waals surface area contributed by atoms with Crippen molar-refractivity contribution in [3.63, 3.8) is 0 Å². The molecule has 3 aromatic rings. The zero-order valence-corrected chi connectivity index (χ0v) is 10.0. The number of rotatable bonds is 2. The lowest BCUT2D eigenvalue weighted by Crippen LogP contribution is -2.00. The quantitative estimate of drug-likeness (QED) is 0.765. The summed E-state index contributed by atoms with van der Waals surface area (Å²) >= 11 is 1.50. The van der Waals surface area contributed by atoms with Crippen molar-refractivity contribution < 1.29 is 9.90 Å². The third-order valence-corrected chi connectivity index (χ3v) is 3.54. The van der Waals surface area contributed by atoms with Gasteiger partial charge >= 0.3 is 5.97 Å². The third kappa shape index (κ3) is 1.84. The molecular formula is C13H8N2O2S. The predicted molar refractivity (Wildman–Crippen MR) is 69.8 cm³/mol. The topological polar surface area (TPSA) is 63.1 Å². The monoisotopic (exact) mass is 256 g/mol. The van der Waals surface area contributed by atoms with E-state index in [1.165, 1.54) is 17.4 Å². The minimum atomic E-state index is -1.03. The summed E-state index contributed by atoms with van der Waals surface area (Å²) in [4.78, 5) is 19.4. The lowest BCUT2D eigenvalue weighted by atomic mass is 10.3. The molecule has 0 aliphatic heterocycles. The molecule has 0 saturated heterocycles. The highest BCUT2D eigenvalue weighted by molar-refractivity contribution is 7.21. The van der Waals surface area contributed by atoms with E-state index in [1.807, 2.05) is 24.3 Å². The second kappa shape index (κ2) is 4.19. The van der Waals surface area contributed by atoms with Crippen LogP contribution in [0.2, 0.25) is 0 Å². The van der Waals surface area contributed by atoms with Gasteiger partial charge < -0.3 is 5.11 Å². The number of aromatic nitrogens is 2. The molecule has 1 N–H and O–H groups in total. The van der Waals surface area contributed by atoms with Crippen molar-refractivity contribution in [3.8, 4) is 10.7 Å². The van der Waals surface area contributed by atoms with Crippen molar-refractivity contribution in [1.29, 1.82) is 0 Å². The molecule has 0 fully saturated rings. The number of carbonyl (C=O) groups is 1. The molecular weight excluding hydrogens is 248 g/mol. The fourth-order valence-electron chi connectivity index (χ4n) is 1.65. The summed E-state index contributed by atoms with van der Waals surface area (Å²) in [6.45, 7) is 0. The Kier molecular flexibility index (Phi) is 2.53. The second-order valence-electron chi connectivity index (χ2n) is 3.70. The molecule has 0 radical (unpaired) electrons. The summed E-state index contributed by atoms with van der Waals surface area (Å²) in [6.07, 6.45) is 0. The maximum absolute atomic E-state index is 10.9. The summed E-state index contributed by atoms with van der Waals surface area (Å²) in [7, 11) is 0. The average molecular weight is 256 g/mol. The lowest BCUT2D eigenvalue weighted by Gasteiger charge is -1.96. The molecule has 0 atom stereocenters. The number of hydrogen-bond acceptors (Lipinski definition) is 4. The standard InChI is InChI=1S/C13H8N2O2S/c16-13(17)10-6-3-5-9(14-10)12-15-8-4-1-2-7-11(8)18-12/h1-7H,(H,16,17). The van der Waals surface area contributed by atoms with Gasteiger partial charge in [0.1, 0.15) is 10.7 Å². The van der Waals surface area contributed by atoms with Crippen LogP contribution in [0.15, 0.2) is 42.5 Å². The van der Waals surface area contributed by atoms with E-state index >= 15 is 0 Å². The number of thiazole rings is 1. The highest BCUT2D eigenvalue weighted by Crippen LogP contribution is 2.28. The Balaban J connectivity index is 2.13. The van der Waals surface area contributed by atoms with E-state index in [-0.39, 0.29) is 5.69 Å². The molecule has 0 saturated carbocycles. The molecule has 2 heterocycles. The molecule has 0 aliphatic carbocycles. The molecule has 0 amide bonds. The van der Waals surface area contributed by atoms with Gasteiger partial charge in [0.25, 0.3) is 0 Å². The Morgan fingerprint density at radius 1 is 1.06 bits per heavy atom. The van der Waals surface area contributed by atoms with Crippen molar-refractivity contribution >= 4 is 27.5 Å². The second-order valence-corrected chi connectivity index (χ2v) is 4.73. The number of carboxylic acids is 1. The van der Waals surface area contributed by atoms with Crippen LogP contribution >= 0.6 is 11.3 Å². The summed E-state index contributed by atoms with van der Waals surface area (Å²) in [5.41, 5.74) is 1.53. The van der Waals surface area contributed by atoms with Gasteiger partial charge in [-0.3, -0.25) is 0 Å². The molecule has 0 spiro atoms. The van der Waals surface area contributed by atoms with Crippen molar-refractivity contribution in [2.75, 3.05) is 0 Å². The molecule has 0 unspecified atom stereocenters. The third-order valence-electron chi connectivity index (χ3n) is 2.48. The Bertz CT molecular complexity index is 703. The summed E-state index contributed by atoms with van der Waals surface area (Å²) in [5, 5.41) is 9.65. The molecule has 1 aromatic carbocycles. The van der Waals surface area contributed by atoms with Crippen LogP contribution in [0.4, 0.5) is 0 Å². The molecule has 0 bridgehead atoms. The molecule has 4 nitrogen and oxygen atoms in total. The van der Waals surface area contributed by atoms with Gasteiger partial charge in [0.05, 0.1) is 15.9 Å². The van der Waals surface area contributed by atoms with Crippen LogP contribution in [0.25, 0.3) is 20.9 Å². The van der Waals surface area contributed by atoms with Crippen LogP contribution in [0.5, 0.6) is 0 Å². The maximum atomic E-state index is 10.9. The predicted octanol–water partition coefficient (Wildman–Crippen LogP) is 3.06. The Hall–Kier alpha value is -2.27. The van der Waals surface area contributed by atoms with Gasteiger partial charge in [0.2, 0.25) is 0 Å². The SMILES string of the molecule is O=C(O)c1cccc(-c2nc3ccccc3s2)n1. The van der Waals surface area contributed by atoms with E-state index in [1.54, 1.807) is 12.1 Å². The largest absolute Gasteiger partial charge is 0.477 e. The van der Waals surface area contributed by atoms with Crippen LogP contribution in [0, 0.1) is 0 Å². The molecule has 88 valence electrons. The van der Waals surface area contributed by atoms with Crippen LogP contribution in [-0.4, -0.2) is 21.0 Å². The van der Waals surface area contributed by atoms with E-state index in [0.717, 1.165) is 15.2 Å². The van der Waals surface area contributed by atoms with Gasteiger partial charge in [-0.25, -0.2) is 14.8 Å². The van der Waals surface area contributed by atoms with Crippen LogP contribution in [0.3, 0.4) is 0 Å². The number of aromatic carboxylic acids is 1. The number of pyridine rings is 1. The van der Waals surface area contributed by atoms with Crippen LogP contribution < -0.4 is 0 Å². The number of fused-ring (bicyclic) bond motifs is 1. The van der Waals surface area contributed by atoms with Gasteiger partial charge in [-0.2, -0.15) is 0 Å². The molecule has 18 heavy (non-hydrogen) atoms. The zero-order valence-electron chi connectivity index (χ0n) is 9.20. The summed E-state index contributed by atoms with van der Waals surface area (Å²) in [6, 6.07) is 12.7. The lowest BCUT2D eigenvalue weighted by molar-refractivity contribution is 0.0690. The first kappa shape index (κ1) is 10.9.